The summed E-state index contributed by atoms with van der Waals surface area (Å²) < 4.78 is 5.99. The second-order valence-electron chi connectivity index (χ2n) is 6.05. The molecule has 3 nitrogen and oxygen atoms in total. The van der Waals surface area contributed by atoms with Crippen LogP contribution in [-0.2, 0) is 13.1 Å². The van der Waals surface area contributed by atoms with Crippen molar-refractivity contribution >= 4 is 0 Å². The van der Waals surface area contributed by atoms with E-state index >= 15 is 0 Å². The number of aryl methyl sites for hydroxylation is 1. The highest BCUT2D eigenvalue weighted by Crippen LogP contribution is 2.25. The Morgan fingerprint density at radius 3 is 2.89 bits per heavy atom. The molecule has 1 aromatic heterocycles. The van der Waals surface area contributed by atoms with Gasteiger partial charge in [-0.05, 0) is 57.3 Å². The minimum Gasteiger partial charge on any atom is -0.463 e. The maximum Gasteiger partial charge on any atom is 0.120 e. The lowest BCUT2D eigenvalue weighted by atomic mass is 9.93. The Morgan fingerprint density at radius 2 is 2.21 bits per heavy atom. The molecule has 0 radical (unpaired) electrons. The Hall–Kier alpha value is -0.800. The van der Waals surface area contributed by atoms with Crippen molar-refractivity contribution in [2.45, 2.75) is 59.7 Å². The molecule has 0 amide bonds. The van der Waals surface area contributed by atoms with Crippen molar-refractivity contribution in [3.05, 3.63) is 23.2 Å². The maximum absolute atomic E-state index is 5.99. The molecule has 1 aliphatic heterocycles. The van der Waals surface area contributed by atoms with Crippen LogP contribution in [0.1, 0.15) is 50.7 Å². The summed E-state index contributed by atoms with van der Waals surface area (Å²) >= 11 is 0. The highest BCUT2D eigenvalue weighted by molar-refractivity contribution is 5.20. The molecule has 3 heteroatoms. The lowest BCUT2D eigenvalue weighted by Crippen LogP contribution is -2.39. The van der Waals surface area contributed by atoms with Gasteiger partial charge in [-0.2, -0.15) is 0 Å². The van der Waals surface area contributed by atoms with Gasteiger partial charge in [0.15, 0.2) is 0 Å². The second kappa shape index (κ2) is 6.58. The number of piperidine rings is 1. The number of rotatable bonds is 5. The normalized spacial score (nSPS) is 24.8. The Labute approximate surface area is 117 Å². The van der Waals surface area contributed by atoms with Crippen molar-refractivity contribution < 1.29 is 4.42 Å². The van der Waals surface area contributed by atoms with Crippen molar-refractivity contribution in [3.63, 3.8) is 0 Å². The average Bonchev–Trinajstić information content (AvgIpc) is 2.71. The first-order valence-electron chi connectivity index (χ1n) is 7.63. The zero-order valence-corrected chi connectivity index (χ0v) is 12.8. The number of furan rings is 1. The number of hydrogen-bond acceptors (Lipinski definition) is 3. The van der Waals surface area contributed by atoms with Crippen LogP contribution in [-0.4, -0.2) is 24.0 Å². The van der Waals surface area contributed by atoms with Crippen LogP contribution >= 0.6 is 0 Å². The van der Waals surface area contributed by atoms with Gasteiger partial charge >= 0.3 is 0 Å². The Balaban J connectivity index is 1.95. The van der Waals surface area contributed by atoms with Gasteiger partial charge in [0.05, 0.1) is 13.1 Å². The van der Waals surface area contributed by atoms with Crippen molar-refractivity contribution in [2.75, 3.05) is 13.1 Å². The van der Waals surface area contributed by atoms with Gasteiger partial charge in [-0.15, -0.1) is 0 Å². The summed E-state index contributed by atoms with van der Waals surface area (Å²) in [5.74, 6) is 3.08. The van der Waals surface area contributed by atoms with E-state index in [-0.39, 0.29) is 0 Å². The Kier molecular flexibility index (Phi) is 5.06. The summed E-state index contributed by atoms with van der Waals surface area (Å²) in [6.07, 6.45) is 2.62. The predicted molar refractivity (Wildman–Crippen MR) is 79.1 cm³/mol. The predicted octanol–water partition coefficient (Wildman–Crippen LogP) is 3.32. The molecule has 0 bridgehead atoms. The van der Waals surface area contributed by atoms with E-state index in [0.717, 1.165) is 37.1 Å². The number of hydrogen-bond donors (Lipinski definition) is 1. The van der Waals surface area contributed by atoms with Crippen molar-refractivity contribution in [1.29, 1.82) is 0 Å². The first-order chi connectivity index (χ1) is 9.10. The van der Waals surface area contributed by atoms with Crippen LogP contribution < -0.4 is 5.32 Å². The summed E-state index contributed by atoms with van der Waals surface area (Å²) in [4.78, 5) is 2.55. The molecule has 1 fully saturated rings. The minimum atomic E-state index is 0.673. The minimum absolute atomic E-state index is 0.673. The van der Waals surface area contributed by atoms with Gasteiger partial charge in [-0.3, -0.25) is 4.90 Å². The molecule has 1 N–H and O–H groups in total. The highest BCUT2D eigenvalue weighted by Gasteiger charge is 2.23. The molecule has 0 saturated carbocycles. The van der Waals surface area contributed by atoms with Crippen LogP contribution in [0.15, 0.2) is 10.5 Å². The summed E-state index contributed by atoms with van der Waals surface area (Å²) in [6, 6.07) is 2.88. The summed E-state index contributed by atoms with van der Waals surface area (Å²) in [6.45, 7) is 12.9. The zero-order valence-electron chi connectivity index (χ0n) is 12.8. The van der Waals surface area contributed by atoms with E-state index in [1.807, 2.05) is 0 Å². The molecule has 0 aromatic carbocycles. The monoisotopic (exact) mass is 264 g/mol. The molecule has 1 aromatic rings. The lowest BCUT2D eigenvalue weighted by molar-refractivity contribution is 0.113. The van der Waals surface area contributed by atoms with E-state index in [4.69, 9.17) is 4.42 Å². The third-order valence-electron chi connectivity index (χ3n) is 4.24. The van der Waals surface area contributed by atoms with Gasteiger partial charge < -0.3 is 9.73 Å². The summed E-state index contributed by atoms with van der Waals surface area (Å²) in [5.41, 5.74) is 1.27. The SMILES string of the molecule is CCNCc1oc(CN2CCC(C)CC2C)cc1C. The largest absolute Gasteiger partial charge is 0.463 e. The van der Waals surface area contributed by atoms with E-state index in [1.54, 1.807) is 0 Å². The van der Waals surface area contributed by atoms with Crippen LogP contribution in [0.2, 0.25) is 0 Å². The zero-order chi connectivity index (χ0) is 13.8. The molecule has 2 unspecified atom stereocenters. The van der Waals surface area contributed by atoms with Crippen molar-refractivity contribution in [2.24, 2.45) is 5.92 Å². The van der Waals surface area contributed by atoms with Crippen molar-refractivity contribution in [1.82, 2.24) is 10.2 Å². The molecule has 1 aliphatic rings. The summed E-state index contributed by atoms with van der Waals surface area (Å²) in [5, 5.41) is 3.33. The molecule has 2 rings (SSSR count). The fraction of sp³-hybridized carbons (Fsp3) is 0.750. The molecular weight excluding hydrogens is 236 g/mol. The fourth-order valence-electron chi connectivity index (χ4n) is 2.97. The number of nitrogens with one attached hydrogen (secondary N) is 1. The molecular formula is C16H28N2O. The number of nitrogens with zero attached hydrogens (tertiary/aromatic N) is 1. The first-order valence-corrected chi connectivity index (χ1v) is 7.63. The smallest absolute Gasteiger partial charge is 0.120 e. The second-order valence-corrected chi connectivity index (χ2v) is 6.05. The first kappa shape index (κ1) is 14.6. The Morgan fingerprint density at radius 1 is 1.42 bits per heavy atom. The molecule has 0 aliphatic carbocycles. The topological polar surface area (TPSA) is 28.4 Å². The summed E-state index contributed by atoms with van der Waals surface area (Å²) in [7, 11) is 0. The van der Waals surface area contributed by atoms with Gasteiger partial charge in [0, 0.05) is 6.04 Å². The van der Waals surface area contributed by atoms with E-state index in [2.05, 4.69) is 44.0 Å². The molecule has 2 atom stereocenters. The van der Waals surface area contributed by atoms with Crippen LogP contribution in [0.5, 0.6) is 0 Å². The van der Waals surface area contributed by atoms with Crippen LogP contribution in [0.25, 0.3) is 0 Å². The molecule has 2 heterocycles. The molecule has 108 valence electrons. The fourth-order valence-corrected chi connectivity index (χ4v) is 2.97. The standard InChI is InChI=1S/C16H28N2O/c1-5-17-10-16-13(3)9-15(19-16)11-18-7-6-12(2)8-14(18)4/h9,12,14,17H,5-8,10-11H2,1-4H3. The highest BCUT2D eigenvalue weighted by atomic mass is 16.3. The molecule has 19 heavy (non-hydrogen) atoms. The lowest BCUT2D eigenvalue weighted by Gasteiger charge is -2.35. The van der Waals surface area contributed by atoms with Gasteiger partial charge in [0.2, 0.25) is 0 Å². The van der Waals surface area contributed by atoms with E-state index in [9.17, 15) is 0 Å². The van der Waals surface area contributed by atoms with Crippen LogP contribution in [0.4, 0.5) is 0 Å². The van der Waals surface area contributed by atoms with Gasteiger partial charge in [0.25, 0.3) is 0 Å². The van der Waals surface area contributed by atoms with E-state index in [1.165, 1.54) is 24.9 Å². The molecule has 1 saturated heterocycles. The Bertz CT molecular complexity index is 399. The van der Waals surface area contributed by atoms with Gasteiger partial charge in [-0.25, -0.2) is 0 Å². The number of likely N-dealkylation sites (tertiary alicyclic amines) is 1. The molecule has 0 spiro atoms. The van der Waals surface area contributed by atoms with Gasteiger partial charge in [0.1, 0.15) is 11.5 Å². The van der Waals surface area contributed by atoms with Crippen molar-refractivity contribution in [3.8, 4) is 0 Å². The van der Waals surface area contributed by atoms with E-state index in [0.29, 0.717) is 6.04 Å². The quantitative estimate of drug-likeness (QED) is 0.884. The van der Waals surface area contributed by atoms with Crippen LogP contribution in [0, 0.1) is 12.8 Å². The third-order valence-corrected chi connectivity index (χ3v) is 4.24. The third kappa shape index (κ3) is 3.83. The maximum atomic E-state index is 5.99. The van der Waals surface area contributed by atoms with Gasteiger partial charge in [-0.1, -0.05) is 13.8 Å². The average molecular weight is 264 g/mol. The van der Waals surface area contributed by atoms with E-state index < -0.39 is 0 Å². The van der Waals surface area contributed by atoms with Crippen LogP contribution in [0.3, 0.4) is 0 Å².